The minimum absolute atomic E-state index is 0. The van der Waals surface area contributed by atoms with Crippen molar-refractivity contribution >= 4 is 35.8 Å². The molecule has 0 saturated carbocycles. The number of carbonyl (C=O) groups is 1. The third-order valence-electron chi connectivity index (χ3n) is 2.79. The fraction of sp³-hybridized carbons (Fsp3) is 0.533. The molecule has 3 nitrogen and oxygen atoms in total. The van der Waals surface area contributed by atoms with Gasteiger partial charge in [-0.2, -0.15) is 11.8 Å². The van der Waals surface area contributed by atoms with E-state index in [4.69, 9.17) is 0 Å². The molecular formula is C15H25ClN2OS. The fourth-order valence-corrected chi connectivity index (χ4v) is 2.28. The molecule has 114 valence electrons. The first kappa shape index (κ1) is 19.3. The van der Waals surface area contributed by atoms with Gasteiger partial charge < -0.3 is 10.6 Å². The molecule has 1 amide bonds. The van der Waals surface area contributed by atoms with Crippen LogP contribution >= 0.6 is 24.2 Å². The van der Waals surface area contributed by atoms with E-state index in [0.717, 1.165) is 37.4 Å². The summed E-state index contributed by atoms with van der Waals surface area (Å²) in [5, 5.41) is 6.24. The van der Waals surface area contributed by atoms with Crippen LogP contribution in [-0.4, -0.2) is 24.5 Å². The Morgan fingerprint density at radius 2 is 2.10 bits per heavy atom. The molecule has 1 rings (SSSR count). The molecular weight excluding hydrogens is 292 g/mol. The Hall–Kier alpha value is -0.710. The molecule has 1 aromatic carbocycles. The SMILES string of the molecule is CCNCc1cccc(NC(=O)CCCCSC)c1.Cl. The van der Waals surface area contributed by atoms with Gasteiger partial charge in [-0.15, -0.1) is 12.4 Å². The van der Waals surface area contributed by atoms with Gasteiger partial charge in [0.15, 0.2) is 0 Å². The summed E-state index contributed by atoms with van der Waals surface area (Å²) in [6, 6.07) is 8.02. The lowest BCUT2D eigenvalue weighted by atomic mass is 10.2. The van der Waals surface area contributed by atoms with Crippen LogP contribution in [0.2, 0.25) is 0 Å². The standard InChI is InChI=1S/C15H24N2OS.ClH/c1-3-16-12-13-7-6-8-14(11-13)17-15(18)9-4-5-10-19-2;/h6-8,11,16H,3-5,9-10,12H2,1-2H3,(H,17,18);1H. The Morgan fingerprint density at radius 1 is 1.30 bits per heavy atom. The Kier molecular flexibility index (Phi) is 11.6. The lowest BCUT2D eigenvalue weighted by molar-refractivity contribution is -0.116. The molecule has 0 heterocycles. The molecule has 0 bridgehead atoms. The first-order valence-electron chi connectivity index (χ1n) is 6.84. The normalized spacial score (nSPS) is 9.90. The monoisotopic (exact) mass is 316 g/mol. The van der Waals surface area contributed by atoms with Crippen LogP contribution in [0.5, 0.6) is 0 Å². The van der Waals surface area contributed by atoms with E-state index in [9.17, 15) is 4.79 Å². The number of benzene rings is 1. The maximum atomic E-state index is 11.8. The topological polar surface area (TPSA) is 41.1 Å². The first-order valence-corrected chi connectivity index (χ1v) is 8.24. The van der Waals surface area contributed by atoms with Crippen molar-refractivity contribution in [1.29, 1.82) is 0 Å². The summed E-state index contributed by atoms with van der Waals surface area (Å²) in [7, 11) is 0. The molecule has 5 heteroatoms. The van der Waals surface area contributed by atoms with Gasteiger partial charge in [0.1, 0.15) is 0 Å². The van der Waals surface area contributed by atoms with Gasteiger partial charge in [0.2, 0.25) is 5.91 Å². The summed E-state index contributed by atoms with van der Waals surface area (Å²) in [6.45, 7) is 3.88. The van der Waals surface area contributed by atoms with Crippen LogP contribution in [0.1, 0.15) is 31.7 Å². The summed E-state index contributed by atoms with van der Waals surface area (Å²) >= 11 is 1.83. The second-order valence-corrected chi connectivity index (χ2v) is 5.46. The quantitative estimate of drug-likeness (QED) is 0.683. The molecule has 0 unspecified atom stereocenters. The van der Waals surface area contributed by atoms with E-state index in [2.05, 4.69) is 29.9 Å². The van der Waals surface area contributed by atoms with Crippen molar-refractivity contribution in [1.82, 2.24) is 5.32 Å². The Morgan fingerprint density at radius 3 is 2.80 bits per heavy atom. The van der Waals surface area contributed by atoms with Gasteiger partial charge in [-0.05, 0) is 49.1 Å². The highest BCUT2D eigenvalue weighted by molar-refractivity contribution is 7.98. The summed E-state index contributed by atoms with van der Waals surface area (Å²) in [6.07, 6.45) is 4.77. The Balaban J connectivity index is 0.00000361. The number of anilines is 1. The van der Waals surface area contributed by atoms with Crippen LogP contribution in [0.4, 0.5) is 5.69 Å². The van der Waals surface area contributed by atoms with Gasteiger partial charge >= 0.3 is 0 Å². The third kappa shape index (κ3) is 8.46. The van der Waals surface area contributed by atoms with Crippen LogP contribution in [0, 0.1) is 0 Å². The lowest BCUT2D eigenvalue weighted by Gasteiger charge is -2.08. The highest BCUT2D eigenvalue weighted by atomic mass is 35.5. The second-order valence-electron chi connectivity index (χ2n) is 4.48. The van der Waals surface area contributed by atoms with Gasteiger partial charge in [-0.25, -0.2) is 0 Å². The van der Waals surface area contributed by atoms with E-state index in [0.29, 0.717) is 6.42 Å². The lowest BCUT2D eigenvalue weighted by Crippen LogP contribution is -2.13. The number of hydrogen-bond donors (Lipinski definition) is 2. The zero-order valence-corrected chi connectivity index (χ0v) is 13.9. The average Bonchev–Trinajstić information content (AvgIpc) is 2.42. The predicted molar refractivity (Wildman–Crippen MR) is 91.9 cm³/mol. The molecule has 0 radical (unpaired) electrons. The zero-order chi connectivity index (χ0) is 13.9. The molecule has 0 aliphatic heterocycles. The molecule has 20 heavy (non-hydrogen) atoms. The van der Waals surface area contributed by atoms with E-state index >= 15 is 0 Å². The molecule has 0 spiro atoms. The van der Waals surface area contributed by atoms with Crippen LogP contribution < -0.4 is 10.6 Å². The van der Waals surface area contributed by atoms with E-state index in [1.807, 2.05) is 30.0 Å². The van der Waals surface area contributed by atoms with Crippen molar-refractivity contribution in [3.8, 4) is 0 Å². The average molecular weight is 317 g/mol. The molecule has 2 N–H and O–H groups in total. The molecule has 0 saturated heterocycles. The van der Waals surface area contributed by atoms with Gasteiger partial charge in [-0.1, -0.05) is 19.1 Å². The second kappa shape index (κ2) is 12.1. The van der Waals surface area contributed by atoms with Gasteiger partial charge in [0, 0.05) is 18.7 Å². The van der Waals surface area contributed by atoms with E-state index in [1.165, 1.54) is 5.56 Å². The molecule has 0 aliphatic carbocycles. The Labute approximate surface area is 132 Å². The van der Waals surface area contributed by atoms with Crippen molar-refractivity contribution in [3.63, 3.8) is 0 Å². The number of thioether (sulfide) groups is 1. The van der Waals surface area contributed by atoms with Crippen molar-refractivity contribution < 1.29 is 4.79 Å². The van der Waals surface area contributed by atoms with E-state index < -0.39 is 0 Å². The maximum absolute atomic E-state index is 11.8. The number of nitrogens with one attached hydrogen (secondary N) is 2. The summed E-state index contributed by atoms with van der Waals surface area (Å²) < 4.78 is 0. The van der Waals surface area contributed by atoms with Crippen LogP contribution in [-0.2, 0) is 11.3 Å². The van der Waals surface area contributed by atoms with Crippen LogP contribution in [0.25, 0.3) is 0 Å². The minimum Gasteiger partial charge on any atom is -0.326 e. The molecule has 0 fully saturated rings. The smallest absolute Gasteiger partial charge is 0.224 e. The number of rotatable bonds is 9. The van der Waals surface area contributed by atoms with Crippen molar-refractivity contribution in [2.75, 3.05) is 23.9 Å². The summed E-state index contributed by atoms with van der Waals surface area (Å²) in [5.41, 5.74) is 2.09. The van der Waals surface area contributed by atoms with Gasteiger partial charge in [0.25, 0.3) is 0 Å². The number of halogens is 1. The highest BCUT2D eigenvalue weighted by Crippen LogP contribution is 2.12. The minimum atomic E-state index is 0. The number of carbonyl (C=O) groups excluding carboxylic acids is 1. The summed E-state index contributed by atoms with van der Waals surface area (Å²) in [5.74, 6) is 1.24. The van der Waals surface area contributed by atoms with Crippen molar-refractivity contribution in [2.24, 2.45) is 0 Å². The fourth-order valence-electron chi connectivity index (χ4n) is 1.78. The van der Waals surface area contributed by atoms with Gasteiger partial charge in [0.05, 0.1) is 0 Å². The van der Waals surface area contributed by atoms with E-state index in [-0.39, 0.29) is 18.3 Å². The zero-order valence-electron chi connectivity index (χ0n) is 12.3. The predicted octanol–water partition coefficient (Wildman–Crippen LogP) is 3.69. The van der Waals surface area contributed by atoms with Crippen LogP contribution in [0.15, 0.2) is 24.3 Å². The van der Waals surface area contributed by atoms with Gasteiger partial charge in [-0.3, -0.25) is 4.79 Å². The van der Waals surface area contributed by atoms with Crippen LogP contribution in [0.3, 0.4) is 0 Å². The first-order chi connectivity index (χ1) is 9.26. The van der Waals surface area contributed by atoms with Crippen molar-refractivity contribution in [3.05, 3.63) is 29.8 Å². The Bertz CT molecular complexity index is 388. The molecule has 0 aromatic heterocycles. The third-order valence-corrected chi connectivity index (χ3v) is 3.49. The number of amides is 1. The van der Waals surface area contributed by atoms with E-state index in [1.54, 1.807) is 0 Å². The summed E-state index contributed by atoms with van der Waals surface area (Å²) in [4.78, 5) is 11.8. The number of hydrogen-bond acceptors (Lipinski definition) is 3. The highest BCUT2D eigenvalue weighted by Gasteiger charge is 2.02. The number of unbranched alkanes of at least 4 members (excludes halogenated alkanes) is 1. The largest absolute Gasteiger partial charge is 0.326 e. The molecule has 1 aromatic rings. The molecule has 0 atom stereocenters. The molecule has 0 aliphatic rings. The maximum Gasteiger partial charge on any atom is 0.224 e. The van der Waals surface area contributed by atoms with Crippen molar-refractivity contribution in [2.45, 2.75) is 32.7 Å².